The number of carbonyl (C=O) groups excluding carboxylic acids is 6. The van der Waals surface area contributed by atoms with Crippen LogP contribution in [0.2, 0.25) is 0 Å². The number of hydrogen-bond donors (Lipinski definition) is 3. The number of piperazine rings is 1. The number of benzene rings is 2. The third-order valence-corrected chi connectivity index (χ3v) is 10.2. The molecule has 3 aliphatic heterocycles. The van der Waals surface area contributed by atoms with Gasteiger partial charge in [0.25, 0.3) is 17.7 Å². The van der Waals surface area contributed by atoms with E-state index in [4.69, 9.17) is 9.15 Å². The maximum atomic E-state index is 13.2. The zero-order valence-corrected chi connectivity index (χ0v) is 30.7. The van der Waals surface area contributed by atoms with Gasteiger partial charge in [0, 0.05) is 63.0 Å². The summed E-state index contributed by atoms with van der Waals surface area (Å²) in [4.78, 5) is 85.3. The molecule has 8 rings (SSSR count). The first kappa shape index (κ1) is 36.8. The summed E-state index contributed by atoms with van der Waals surface area (Å²) in [7, 11) is 0. The first-order valence-corrected chi connectivity index (χ1v) is 18.6. The lowest BCUT2D eigenvalue weighted by atomic mass is 10.0. The Hall–Kier alpha value is -7.11. The summed E-state index contributed by atoms with van der Waals surface area (Å²) in [6.07, 6.45) is 5.74. The van der Waals surface area contributed by atoms with E-state index in [0.717, 1.165) is 27.5 Å². The van der Waals surface area contributed by atoms with Gasteiger partial charge in [0.15, 0.2) is 12.3 Å². The molecule has 0 saturated carbocycles. The molecule has 292 valence electrons. The van der Waals surface area contributed by atoms with E-state index in [0.29, 0.717) is 50.7 Å². The number of carbonyl (C=O) groups is 6. The summed E-state index contributed by atoms with van der Waals surface area (Å²) < 4.78 is 12.8. The largest absolute Gasteiger partial charge is 0.483 e. The first-order chi connectivity index (χ1) is 27.7. The molecule has 3 aliphatic rings. The number of ether oxygens (including phenoxy) is 1. The van der Waals surface area contributed by atoms with E-state index in [9.17, 15) is 28.8 Å². The number of furan rings is 1. The lowest BCUT2D eigenvalue weighted by molar-refractivity contribution is -0.136. The molecule has 1 atom stereocenters. The molecule has 0 aliphatic carbocycles. The van der Waals surface area contributed by atoms with E-state index in [1.807, 2.05) is 41.3 Å². The third-order valence-electron chi connectivity index (χ3n) is 10.2. The summed E-state index contributed by atoms with van der Waals surface area (Å²) in [6, 6.07) is 15.2. The van der Waals surface area contributed by atoms with Crippen LogP contribution in [0.5, 0.6) is 5.75 Å². The highest BCUT2D eigenvalue weighted by Crippen LogP contribution is 2.34. The second-order valence-electron chi connectivity index (χ2n) is 13.7. The molecular weight excluding hydrogens is 736 g/mol. The van der Waals surface area contributed by atoms with Crippen molar-refractivity contribution in [3.8, 4) is 16.9 Å². The van der Waals surface area contributed by atoms with Crippen molar-refractivity contribution in [2.75, 3.05) is 49.5 Å². The Morgan fingerprint density at radius 3 is 2.54 bits per heavy atom. The smallest absolute Gasteiger partial charge is 0.266 e. The van der Waals surface area contributed by atoms with Gasteiger partial charge in [-0.2, -0.15) is 0 Å². The van der Waals surface area contributed by atoms with E-state index in [-0.39, 0.29) is 48.6 Å². The SMILES string of the molecule is O=C(COc1cccc2c1C(=O)N(C1CCC(=O)NC1=O)C2=O)NCCCC(=O)N1CCN(c2ccc(-c3cnc(NCc4ccco4)n4cnnc34)cc2)CC1. The van der Waals surface area contributed by atoms with Gasteiger partial charge in [-0.1, -0.05) is 18.2 Å². The zero-order chi connectivity index (χ0) is 39.5. The van der Waals surface area contributed by atoms with Crippen molar-refractivity contribution < 1.29 is 37.9 Å². The molecule has 3 aromatic heterocycles. The van der Waals surface area contributed by atoms with Gasteiger partial charge in [-0.05, 0) is 54.8 Å². The van der Waals surface area contributed by atoms with Crippen molar-refractivity contribution >= 4 is 52.7 Å². The molecule has 57 heavy (non-hydrogen) atoms. The van der Waals surface area contributed by atoms with E-state index in [1.165, 1.54) is 18.2 Å². The Balaban J connectivity index is 0.767. The minimum Gasteiger partial charge on any atom is -0.483 e. The number of aromatic nitrogens is 4. The number of hydrogen-bond acceptors (Lipinski definition) is 13. The molecule has 6 heterocycles. The minimum atomic E-state index is -1.11. The number of rotatable bonds is 13. The van der Waals surface area contributed by atoms with Crippen LogP contribution in [0.25, 0.3) is 16.8 Å². The first-order valence-electron chi connectivity index (χ1n) is 18.6. The Kier molecular flexibility index (Phi) is 10.3. The predicted molar refractivity (Wildman–Crippen MR) is 202 cm³/mol. The second kappa shape index (κ2) is 15.9. The Morgan fingerprint density at radius 1 is 0.947 bits per heavy atom. The summed E-state index contributed by atoms with van der Waals surface area (Å²) in [6.45, 7) is 2.78. The number of nitrogens with one attached hydrogen (secondary N) is 3. The topological polar surface area (TPSA) is 214 Å². The van der Waals surface area contributed by atoms with Crippen LogP contribution < -0.4 is 25.6 Å². The molecule has 2 fully saturated rings. The molecule has 18 heteroatoms. The molecule has 2 saturated heterocycles. The van der Waals surface area contributed by atoms with Gasteiger partial charge >= 0.3 is 0 Å². The number of nitrogens with zero attached hydrogens (tertiary/aromatic N) is 7. The molecule has 0 bridgehead atoms. The van der Waals surface area contributed by atoms with Crippen molar-refractivity contribution in [3.05, 3.63) is 90.3 Å². The fraction of sp³-hybridized carbons (Fsp3) is 0.308. The van der Waals surface area contributed by atoms with E-state index in [1.54, 1.807) is 23.2 Å². The average Bonchev–Trinajstić information content (AvgIpc) is 3.99. The van der Waals surface area contributed by atoms with E-state index >= 15 is 0 Å². The highest BCUT2D eigenvalue weighted by atomic mass is 16.5. The summed E-state index contributed by atoms with van der Waals surface area (Å²) in [5.74, 6) is -1.60. The summed E-state index contributed by atoms with van der Waals surface area (Å²) in [5, 5.41) is 16.6. The Labute approximate surface area is 325 Å². The maximum absolute atomic E-state index is 13.2. The van der Waals surface area contributed by atoms with Crippen LogP contribution in [0, 0.1) is 0 Å². The van der Waals surface area contributed by atoms with Crippen molar-refractivity contribution in [1.29, 1.82) is 0 Å². The van der Waals surface area contributed by atoms with E-state index < -0.39 is 42.2 Å². The quantitative estimate of drug-likeness (QED) is 0.116. The molecule has 2 aromatic carbocycles. The van der Waals surface area contributed by atoms with Crippen molar-refractivity contribution in [1.82, 2.24) is 40.0 Å². The zero-order valence-electron chi connectivity index (χ0n) is 30.7. The van der Waals surface area contributed by atoms with Gasteiger partial charge < -0.3 is 29.6 Å². The molecule has 6 amide bonds. The standard InChI is InChI=1S/C39H38N10O8/c50-31-13-12-29(36(53)44-31)49-37(54)27-5-1-6-30(34(27)38(49)55)57-22-32(51)40-14-2-7-33(52)47-17-15-46(16-18-47)25-10-8-24(9-11-25)28-21-42-39(48-23-43-45-35(28)48)41-20-26-4-3-19-56-26/h1,3-6,8-11,19,21,23,29H,2,7,12-18,20,22H2,(H,40,51)(H,41,42)(H,44,50,53). The van der Waals surface area contributed by atoms with Crippen LogP contribution in [0.15, 0.2) is 77.8 Å². The predicted octanol–water partition coefficient (Wildman–Crippen LogP) is 2.02. The highest BCUT2D eigenvalue weighted by Gasteiger charge is 2.46. The van der Waals surface area contributed by atoms with Crippen molar-refractivity contribution in [2.24, 2.45) is 0 Å². The minimum absolute atomic E-state index is 0.00378. The average molecular weight is 775 g/mol. The molecule has 0 spiro atoms. The van der Waals surface area contributed by atoms with Crippen molar-refractivity contribution in [2.45, 2.75) is 38.3 Å². The van der Waals surface area contributed by atoms with Gasteiger partial charge in [-0.3, -0.25) is 43.4 Å². The number of imide groups is 2. The molecular formula is C39H38N10O8. The fourth-order valence-corrected chi connectivity index (χ4v) is 7.22. The third kappa shape index (κ3) is 7.60. The van der Waals surface area contributed by atoms with Gasteiger partial charge in [-0.25, -0.2) is 4.98 Å². The van der Waals surface area contributed by atoms with Crippen LogP contribution in [0.4, 0.5) is 11.6 Å². The lowest BCUT2D eigenvalue weighted by Gasteiger charge is -2.36. The highest BCUT2D eigenvalue weighted by molar-refractivity contribution is 6.24. The number of amides is 6. The van der Waals surface area contributed by atoms with Gasteiger partial charge in [0.05, 0.1) is 23.9 Å². The number of piperidine rings is 1. The van der Waals surface area contributed by atoms with Crippen LogP contribution in [-0.4, -0.2) is 110 Å². The lowest BCUT2D eigenvalue weighted by Crippen LogP contribution is -2.54. The second-order valence-corrected chi connectivity index (χ2v) is 13.7. The van der Waals surface area contributed by atoms with Crippen LogP contribution in [0.3, 0.4) is 0 Å². The maximum Gasteiger partial charge on any atom is 0.266 e. The van der Waals surface area contributed by atoms with Crippen molar-refractivity contribution in [3.63, 3.8) is 0 Å². The summed E-state index contributed by atoms with van der Waals surface area (Å²) >= 11 is 0. The normalized spacial score (nSPS) is 16.8. The Bertz CT molecular complexity index is 2350. The van der Waals surface area contributed by atoms with Crippen LogP contribution >= 0.6 is 0 Å². The molecule has 5 aromatic rings. The molecule has 0 radical (unpaired) electrons. The van der Waals surface area contributed by atoms with Gasteiger partial charge in [0.2, 0.25) is 23.7 Å². The van der Waals surface area contributed by atoms with Crippen LogP contribution in [0.1, 0.15) is 52.2 Å². The fourth-order valence-electron chi connectivity index (χ4n) is 7.22. The van der Waals surface area contributed by atoms with E-state index in [2.05, 4.69) is 36.0 Å². The monoisotopic (exact) mass is 774 g/mol. The number of anilines is 2. The molecule has 18 nitrogen and oxygen atoms in total. The number of fused-ring (bicyclic) bond motifs is 2. The van der Waals surface area contributed by atoms with Gasteiger partial charge in [-0.15, -0.1) is 10.2 Å². The molecule has 3 N–H and O–H groups in total. The summed E-state index contributed by atoms with van der Waals surface area (Å²) in [5.41, 5.74) is 3.53. The van der Waals surface area contributed by atoms with Gasteiger partial charge in [0.1, 0.15) is 23.9 Å². The molecule has 1 unspecified atom stereocenters. The Morgan fingerprint density at radius 2 is 1.77 bits per heavy atom. The van der Waals surface area contributed by atoms with Crippen LogP contribution in [-0.2, 0) is 25.7 Å².